The van der Waals surface area contributed by atoms with Gasteiger partial charge >= 0.3 is 0 Å². The number of anilines is 1. The summed E-state index contributed by atoms with van der Waals surface area (Å²) in [6.07, 6.45) is 3.50. The van der Waals surface area contributed by atoms with E-state index in [1.165, 1.54) is 0 Å². The standard InChI is InChI=1S/C15H19N3O2/c1-4-18(15-16-8-5-9-17-15)11-12-6-7-13(19-2)14(10-12)20-3/h5-10H,4,11H2,1-3H3. The molecule has 0 aliphatic carbocycles. The van der Waals surface area contributed by atoms with E-state index in [4.69, 9.17) is 9.47 Å². The van der Waals surface area contributed by atoms with Crippen LogP contribution >= 0.6 is 0 Å². The lowest BCUT2D eigenvalue weighted by Crippen LogP contribution is -2.24. The molecule has 0 radical (unpaired) electrons. The van der Waals surface area contributed by atoms with Crippen molar-refractivity contribution in [3.05, 3.63) is 42.2 Å². The third kappa shape index (κ3) is 3.17. The van der Waals surface area contributed by atoms with Crippen molar-refractivity contribution in [2.75, 3.05) is 25.7 Å². The molecule has 2 aromatic rings. The highest BCUT2D eigenvalue weighted by Crippen LogP contribution is 2.28. The molecule has 0 bridgehead atoms. The van der Waals surface area contributed by atoms with Crippen LogP contribution in [0.2, 0.25) is 0 Å². The van der Waals surface area contributed by atoms with E-state index in [0.29, 0.717) is 0 Å². The van der Waals surface area contributed by atoms with Gasteiger partial charge in [-0.1, -0.05) is 6.07 Å². The van der Waals surface area contributed by atoms with Crippen molar-refractivity contribution in [2.24, 2.45) is 0 Å². The summed E-state index contributed by atoms with van der Waals surface area (Å²) in [5.74, 6) is 2.19. The molecule has 20 heavy (non-hydrogen) atoms. The van der Waals surface area contributed by atoms with Gasteiger partial charge in [0.25, 0.3) is 0 Å². The molecule has 0 saturated carbocycles. The van der Waals surface area contributed by atoms with Crippen LogP contribution in [0.3, 0.4) is 0 Å². The van der Waals surface area contributed by atoms with Crippen LogP contribution in [-0.4, -0.2) is 30.7 Å². The van der Waals surface area contributed by atoms with Crippen molar-refractivity contribution in [3.63, 3.8) is 0 Å². The van der Waals surface area contributed by atoms with Crippen LogP contribution in [0.4, 0.5) is 5.95 Å². The zero-order valence-electron chi connectivity index (χ0n) is 12.0. The Kier molecular flexibility index (Phi) is 4.76. The van der Waals surface area contributed by atoms with Crippen molar-refractivity contribution in [1.29, 1.82) is 0 Å². The third-order valence-corrected chi connectivity index (χ3v) is 3.04. The molecule has 0 N–H and O–H groups in total. The van der Waals surface area contributed by atoms with Crippen molar-refractivity contribution >= 4 is 5.95 Å². The minimum atomic E-state index is 0.723. The molecule has 1 aromatic carbocycles. The van der Waals surface area contributed by atoms with Gasteiger partial charge in [-0.25, -0.2) is 9.97 Å². The highest BCUT2D eigenvalue weighted by Gasteiger charge is 2.10. The summed E-state index contributed by atoms with van der Waals surface area (Å²) in [5, 5.41) is 0. The highest BCUT2D eigenvalue weighted by molar-refractivity contribution is 5.44. The van der Waals surface area contributed by atoms with Crippen LogP contribution in [0.25, 0.3) is 0 Å². The Morgan fingerprint density at radius 2 is 1.75 bits per heavy atom. The second-order valence-corrected chi connectivity index (χ2v) is 4.25. The molecule has 2 rings (SSSR count). The number of hydrogen-bond donors (Lipinski definition) is 0. The molecule has 5 nitrogen and oxygen atoms in total. The predicted octanol–water partition coefficient (Wildman–Crippen LogP) is 2.52. The van der Waals surface area contributed by atoms with Gasteiger partial charge in [0.05, 0.1) is 14.2 Å². The van der Waals surface area contributed by atoms with Crippen molar-refractivity contribution in [1.82, 2.24) is 9.97 Å². The van der Waals surface area contributed by atoms with Gasteiger partial charge in [0.2, 0.25) is 5.95 Å². The minimum Gasteiger partial charge on any atom is -0.493 e. The Morgan fingerprint density at radius 3 is 2.35 bits per heavy atom. The first kappa shape index (κ1) is 14.1. The molecule has 0 aliphatic heterocycles. The first-order valence-electron chi connectivity index (χ1n) is 6.51. The lowest BCUT2D eigenvalue weighted by Gasteiger charge is -2.21. The normalized spacial score (nSPS) is 10.2. The first-order chi connectivity index (χ1) is 9.78. The summed E-state index contributed by atoms with van der Waals surface area (Å²) < 4.78 is 10.6. The van der Waals surface area contributed by atoms with Gasteiger partial charge in [0, 0.05) is 25.5 Å². The number of nitrogens with zero attached hydrogens (tertiary/aromatic N) is 3. The van der Waals surface area contributed by atoms with Gasteiger partial charge in [0.1, 0.15) is 0 Å². The molecule has 0 spiro atoms. The lowest BCUT2D eigenvalue weighted by atomic mass is 10.2. The number of hydrogen-bond acceptors (Lipinski definition) is 5. The quantitative estimate of drug-likeness (QED) is 0.809. The van der Waals surface area contributed by atoms with Gasteiger partial charge in [-0.3, -0.25) is 0 Å². The smallest absolute Gasteiger partial charge is 0.225 e. The van der Waals surface area contributed by atoms with Crippen LogP contribution in [-0.2, 0) is 6.54 Å². The summed E-state index contributed by atoms with van der Waals surface area (Å²) in [6.45, 7) is 3.64. The van der Waals surface area contributed by atoms with Crippen LogP contribution in [0.1, 0.15) is 12.5 Å². The monoisotopic (exact) mass is 273 g/mol. The average Bonchev–Trinajstić information content (AvgIpc) is 2.53. The molecular formula is C15H19N3O2. The van der Waals surface area contributed by atoms with Gasteiger partial charge in [0.15, 0.2) is 11.5 Å². The van der Waals surface area contributed by atoms with E-state index in [1.54, 1.807) is 26.6 Å². The minimum absolute atomic E-state index is 0.723. The van der Waals surface area contributed by atoms with Crippen molar-refractivity contribution < 1.29 is 9.47 Å². The number of methoxy groups -OCH3 is 2. The zero-order chi connectivity index (χ0) is 14.4. The molecule has 1 heterocycles. The molecule has 0 unspecified atom stereocenters. The molecule has 106 valence electrons. The number of aromatic nitrogens is 2. The largest absolute Gasteiger partial charge is 0.493 e. The van der Waals surface area contributed by atoms with Crippen LogP contribution in [0, 0.1) is 0 Å². The number of benzene rings is 1. The van der Waals surface area contributed by atoms with E-state index in [-0.39, 0.29) is 0 Å². The average molecular weight is 273 g/mol. The number of rotatable bonds is 6. The zero-order valence-corrected chi connectivity index (χ0v) is 12.0. The fourth-order valence-electron chi connectivity index (χ4n) is 1.98. The van der Waals surface area contributed by atoms with Crippen LogP contribution in [0.5, 0.6) is 11.5 Å². The summed E-state index contributed by atoms with van der Waals surface area (Å²) in [7, 11) is 3.27. The van der Waals surface area contributed by atoms with E-state index in [9.17, 15) is 0 Å². The Hall–Kier alpha value is -2.30. The first-order valence-corrected chi connectivity index (χ1v) is 6.51. The Bertz CT molecular complexity index is 546. The van der Waals surface area contributed by atoms with Gasteiger partial charge in [-0.05, 0) is 30.7 Å². The molecular weight excluding hydrogens is 254 g/mol. The fraction of sp³-hybridized carbons (Fsp3) is 0.333. The summed E-state index contributed by atoms with van der Waals surface area (Å²) in [5.41, 5.74) is 1.12. The summed E-state index contributed by atoms with van der Waals surface area (Å²) in [4.78, 5) is 10.7. The second-order valence-electron chi connectivity index (χ2n) is 4.25. The lowest BCUT2D eigenvalue weighted by molar-refractivity contribution is 0.354. The van der Waals surface area contributed by atoms with E-state index in [0.717, 1.165) is 36.1 Å². The molecule has 0 atom stereocenters. The Balaban J connectivity index is 2.20. The van der Waals surface area contributed by atoms with E-state index >= 15 is 0 Å². The predicted molar refractivity (Wildman–Crippen MR) is 78.3 cm³/mol. The molecule has 0 saturated heterocycles. The maximum atomic E-state index is 5.32. The van der Waals surface area contributed by atoms with Gasteiger partial charge < -0.3 is 14.4 Å². The summed E-state index contributed by atoms with van der Waals surface area (Å²) >= 11 is 0. The molecule has 0 aliphatic rings. The fourth-order valence-corrected chi connectivity index (χ4v) is 1.98. The second kappa shape index (κ2) is 6.75. The Labute approximate surface area is 119 Å². The maximum Gasteiger partial charge on any atom is 0.225 e. The SMILES string of the molecule is CCN(Cc1ccc(OC)c(OC)c1)c1ncccn1. The topological polar surface area (TPSA) is 47.5 Å². The molecule has 0 fully saturated rings. The van der Waals surface area contributed by atoms with E-state index in [1.807, 2.05) is 24.3 Å². The van der Waals surface area contributed by atoms with E-state index in [2.05, 4.69) is 21.8 Å². The number of ether oxygens (including phenoxy) is 2. The molecule has 1 aromatic heterocycles. The molecule has 5 heteroatoms. The Morgan fingerprint density at radius 1 is 1.05 bits per heavy atom. The van der Waals surface area contributed by atoms with Crippen molar-refractivity contribution in [3.8, 4) is 11.5 Å². The van der Waals surface area contributed by atoms with E-state index < -0.39 is 0 Å². The van der Waals surface area contributed by atoms with Crippen LogP contribution < -0.4 is 14.4 Å². The van der Waals surface area contributed by atoms with Gasteiger partial charge in [-0.2, -0.15) is 0 Å². The van der Waals surface area contributed by atoms with Gasteiger partial charge in [-0.15, -0.1) is 0 Å². The highest BCUT2D eigenvalue weighted by atomic mass is 16.5. The third-order valence-electron chi connectivity index (χ3n) is 3.04. The van der Waals surface area contributed by atoms with Crippen LogP contribution in [0.15, 0.2) is 36.7 Å². The molecule has 0 amide bonds. The summed E-state index contributed by atoms with van der Waals surface area (Å²) in [6, 6.07) is 7.72. The maximum absolute atomic E-state index is 5.32. The van der Waals surface area contributed by atoms with Crippen molar-refractivity contribution in [2.45, 2.75) is 13.5 Å².